The summed E-state index contributed by atoms with van der Waals surface area (Å²) >= 11 is 11.4. The van der Waals surface area contributed by atoms with Gasteiger partial charge in [-0.2, -0.15) is 0 Å². The molecule has 0 radical (unpaired) electrons. The van der Waals surface area contributed by atoms with Crippen LogP contribution in [0.1, 0.15) is 10.4 Å². The lowest BCUT2D eigenvalue weighted by molar-refractivity contribution is 0.102. The van der Waals surface area contributed by atoms with E-state index in [0.29, 0.717) is 16.4 Å². The highest BCUT2D eigenvalue weighted by molar-refractivity contribution is 6.31. The van der Waals surface area contributed by atoms with E-state index in [1.807, 2.05) is 0 Å². The maximum absolute atomic E-state index is 11.8. The molecule has 4 nitrogen and oxygen atoms in total. The lowest BCUT2D eigenvalue weighted by atomic mass is 10.2. The van der Waals surface area contributed by atoms with Gasteiger partial charge in [0.25, 0.3) is 5.91 Å². The average molecular weight is 268 g/mol. The Morgan fingerprint density at radius 2 is 2.06 bits per heavy atom. The van der Waals surface area contributed by atoms with E-state index in [2.05, 4.69) is 15.3 Å². The number of rotatable bonds is 2. The Bertz CT molecular complexity index is 560. The molecule has 17 heavy (non-hydrogen) atoms. The number of benzene rings is 1. The number of nitrogens with zero attached hydrogens (tertiary/aromatic N) is 2. The number of amides is 1. The van der Waals surface area contributed by atoms with E-state index in [1.54, 1.807) is 24.3 Å². The second-order valence-corrected chi connectivity index (χ2v) is 4.02. The quantitative estimate of drug-likeness (QED) is 0.910. The molecule has 6 heteroatoms. The first-order valence-corrected chi connectivity index (χ1v) is 5.45. The van der Waals surface area contributed by atoms with Gasteiger partial charge in [0, 0.05) is 10.6 Å². The zero-order valence-electron chi connectivity index (χ0n) is 8.52. The predicted octanol–water partition coefficient (Wildman–Crippen LogP) is 3.04. The van der Waals surface area contributed by atoms with Gasteiger partial charge in [0.2, 0.25) is 0 Å². The average Bonchev–Trinajstić information content (AvgIpc) is 2.29. The van der Waals surface area contributed by atoms with Crippen LogP contribution >= 0.6 is 23.2 Å². The first kappa shape index (κ1) is 11.8. The minimum Gasteiger partial charge on any atom is -0.305 e. The molecule has 0 aliphatic rings. The third kappa shape index (κ3) is 3.15. The minimum atomic E-state index is -0.316. The van der Waals surface area contributed by atoms with Crippen LogP contribution in [0.25, 0.3) is 0 Å². The molecule has 0 fully saturated rings. The van der Waals surface area contributed by atoms with Crippen LogP contribution in [-0.4, -0.2) is 15.9 Å². The van der Waals surface area contributed by atoms with Crippen molar-refractivity contribution in [3.05, 3.63) is 52.4 Å². The van der Waals surface area contributed by atoms with Crippen molar-refractivity contribution in [1.82, 2.24) is 9.97 Å². The van der Waals surface area contributed by atoms with Crippen LogP contribution in [0.2, 0.25) is 10.2 Å². The molecule has 1 heterocycles. The van der Waals surface area contributed by atoms with E-state index in [4.69, 9.17) is 23.2 Å². The lowest BCUT2D eigenvalue weighted by Crippen LogP contribution is -2.13. The van der Waals surface area contributed by atoms with Gasteiger partial charge in [-0.1, -0.05) is 29.3 Å². The van der Waals surface area contributed by atoms with Gasteiger partial charge in [-0.25, -0.2) is 4.98 Å². The van der Waals surface area contributed by atoms with Gasteiger partial charge < -0.3 is 5.32 Å². The molecular formula is C11H7Cl2N3O. The van der Waals surface area contributed by atoms with Crippen LogP contribution in [0.3, 0.4) is 0 Å². The van der Waals surface area contributed by atoms with Gasteiger partial charge in [-0.15, -0.1) is 0 Å². The van der Waals surface area contributed by atoms with Crippen molar-refractivity contribution in [2.45, 2.75) is 0 Å². The molecule has 1 aromatic carbocycles. The minimum absolute atomic E-state index is 0.217. The first-order chi connectivity index (χ1) is 8.15. The molecule has 0 saturated heterocycles. The van der Waals surface area contributed by atoms with Gasteiger partial charge in [-0.05, 0) is 18.2 Å². The Balaban J connectivity index is 2.17. The standard InChI is InChI=1S/C11H7Cl2N3O/c12-8-3-1-2-7(4-8)11(17)16-10-6-14-5-9(13)15-10/h1-6H,(H,15,16,17). The third-order valence-electron chi connectivity index (χ3n) is 1.93. The molecule has 1 amide bonds. The molecule has 0 aliphatic heterocycles. The van der Waals surface area contributed by atoms with Gasteiger partial charge in [0.15, 0.2) is 5.82 Å². The van der Waals surface area contributed by atoms with Crippen molar-refractivity contribution in [3.63, 3.8) is 0 Å². The summed E-state index contributed by atoms with van der Waals surface area (Å²) in [5.41, 5.74) is 0.444. The SMILES string of the molecule is O=C(Nc1cncc(Cl)n1)c1cccc(Cl)c1. The fourth-order valence-corrected chi connectivity index (χ4v) is 1.56. The summed E-state index contributed by atoms with van der Waals surface area (Å²) in [6.45, 7) is 0. The number of hydrogen-bond donors (Lipinski definition) is 1. The van der Waals surface area contributed by atoms with Crippen LogP contribution in [0.4, 0.5) is 5.82 Å². The summed E-state index contributed by atoms with van der Waals surface area (Å²) in [4.78, 5) is 19.5. The van der Waals surface area contributed by atoms with Crippen molar-refractivity contribution in [2.75, 3.05) is 5.32 Å². The van der Waals surface area contributed by atoms with Crippen molar-refractivity contribution in [3.8, 4) is 0 Å². The van der Waals surface area contributed by atoms with E-state index in [1.165, 1.54) is 12.4 Å². The highest BCUT2D eigenvalue weighted by Gasteiger charge is 2.07. The first-order valence-electron chi connectivity index (χ1n) is 4.69. The molecule has 0 aliphatic carbocycles. The maximum Gasteiger partial charge on any atom is 0.256 e. The molecule has 1 N–H and O–H groups in total. The van der Waals surface area contributed by atoms with Crippen molar-refractivity contribution in [2.24, 2.45) is 0 Å². The van der Waals surface area contributed by atoms with Gasteiger partial charge >= 0.3 is 0 Å². The van der Waals surface area contributed by atoms with E-state index in [0.717, 1.165) is 0 Å². The highest BCUT2D eigenvalue weighted by Crippen LogP contribution is 2.13. The van der Waals surface area contributed by atoms with Crippen molar-refractivity contribution in [1.29, 1.82) is 0 Å². The number of anilines is 1. The molecule has 0 bridgehead atoms. The Hall–Kier alpha value is -1.65. The summed E-state index contributed by atoms with van der Waals surface area (Å²) in [7, 11) is 0. The lowest BCUT2D eigenvalue weighted by Gasteiger charge is -2.04. The van der Waals surface area contributed by atoms with Gasteiger partial charge in [0.05, 0.1) is 12.4 Å². The summed E-state index contributed by atoms with van der Waals surface area (Å²) < 4.78 is 0. The molecule has 86 valence electrons. The predicted molar refractivity (Wildman–Crippen MR) is 66.4 cm³/mol. The summed E-state index contributed by atoms with van der Waals surface area (Å²) in [5, 5.41) is 3.28. The Morgan fingerprint density at radius 1 is 1.24 bits per heavy atom. The molecule has 1 aromatic heterocycles. The topological polar surface area (TPSA) is 54.9 Å². The van der Waals surface area contributed by atoms with Crippen LogP contribution in [0, 0.1) is 0 Å². The van der Waals surface area contributed by atoms with E-state index in [9.17, 15) is 4.79 Å². The molecule has 2 aromatic rings. The smallest absolute Gasteiger partial charge is 0.256 e. The normalized spacial score (nSPS) is 10.0. The zero-order chi connectivity index (χ0) is 12.3. The summed E-state index contributed by atoms with van der Waals surface area (Å²) in [5.74, 6) is -0.0217. The molecule has 0 saturated carbocycles. The van der Waals surface area contributed by atoms with Gasteiger partial charge in [-0.3, -0.25) is 9.78 Å². The van der Waals surface area contributed by atoms with Crippen LogP contribution < -0.4 is 5.32 Å². The van der Waals surface area contributed by atoms with Crippen molar-refractivity contribution >= 4 is 34.9 Å². The Morgan fingerprint density at radius 3 is 2.76 bits per heavy atom. The highest BCUT2D eigenvalue weighted by atomic mass is 35.5. The molecule has 0 atom stereocenters. The van der Waals surface area contributed by atoms with Crippen LogP contribution in [0.5, 0.6) is 0 Å². The Labute approximate surface area is 108 Å². The number of carbonyl (C=O) groups excluding carboxylic acids is 1. The van der Waals surface area contributed by atoms with E-state index >= 15 is 0 Å². The third-order valence-corrected chi connectivity index (χ3v) is 2.35. The number of aromatic nitrogens is 2. The monoisotopic (exact) mass is 267 g/mol. The number of nitrogens with one attached hydrogen (secondary N) is 1. The van der Waals surface area contributed by atoms with Gasteiger partial charge in [0.1, 0.15) is 5.15 Å². The largest absolute Gasteiger partial charge is 0.305 e. The number of hydrogen-bond acceptors (Lipinski definition) is 3. The van der Waals surface area contributed by atoms with Crippen LogP contribution in [0.15, 0.2) is 36.7 Å². The van der Waals surface area contributed by atoms with Crippen LogP contribution in [-0.2, 0) is 0 Å². The molecular weight excluding hydrogens is 261 g/mol. The molecule has 2 rings (SSSR count). The summed E-state index contributed by atoms with van der Waals surface area (Å²) in [6.07, 6.45) is 2.80. The fraction of sp³-hybridized carbons (Fsp3) is 0. The maximum atomic E-state index is 11.8. The Kier molecular flexibility index (Phi) is 3.56. The van der Waals surface area contributed by atoms with Crippen molar-refractivity contribution < 1.29 is 4.79 Å². The van der Waals surface area contributed by atoms with E-state index in [-0.39, 0.29) is 11.1 Å². The van der Waals surface area contributed by atoms with E-state index < -0.39 is 0 Å². The zero-order valence-corrected chi connectivity index (χ0v) is 10.0. The number of halogens is 2. The second kappa shape index (κ2) is 5.12. The molecule has 0 spiro atoms. The molecule has 0 unspecified atom stereocenters. The number of carbonyl (C=O) groups is 1. The fourth-order valence-electron chi connectivity index (χ4n) is 1.22. The second-order valence-electron chi connectivity index (χ2n) is 3.19. The summed E-state index contributed by atoms with van der Waals surface area (Å²) in [6, 6.07) is 6.60.